The van der Waals surface area contributed by atoms with E-state index in [0.29, 0.717) is 11.5 Å². The van der Waals surface area contributed by atoms with Crippen LogP contribution in [0.25, 0.3) is 0 Å². The molecule has 0 aliphatic carbocycles. The van der Waals surface area contributed by atoms with E-state index in [2.05, 4.69) is 35.8 Å². The Hall–Kier alpha value is -2.00. The fourth-order valence-corrected chi connectivity index (χ4v) is 4.99. The standard InChI is InChI=1S/C22H26ClN3O3S2/c1-21(2,3)15-10-12-16(13-11-15)31(27,28)26-22(4)24-14-18(20(23)25-22)29-17-8-6-7-9-19(17)30-5/h6-14,25-26H,1-5H3. The predicted octanol–water partition coefficient (Wildman–Crippen LogP) is 4.82. The van der Waals surface area contributed by atoms with E-state index < -0.39 is 15.8 Å². The highest BCUT2D eigenvalue weighted by atomic mass is 35.5. The van der Waals surface area contributed by atoms with Gasteiger partial charge in [0.05, 0.1) is 11.1 Å². The number of rotatable bonds is 6. The van der Waals surface area contributed by atoms with Gasteiger partial charge in [-0.1, -0.05) is 56.6 Å². The quantitative estimate of drug-likeness (QED) is 0.458. The molecule has 0 amide bonds. The monoisotopic (exact) mass is 479 g/mol. The van der Waals surface area contributed by atoms with Crippen molar-refractivity contribution in [2.24, 2.45) is 4.99 Å². The summed E-state index contributed by atoms with van der Waals surface area (Å²) in [7, 11) is -3.84. The van der Waals surface area contributed by atoms with Gasteiger partial charge in [-0.05, 0) is 48.4 Å². The highest BCUT2D eigenvalue weighted by molar-refractivity contribution is 7.98. The summed E-state index contributed by atoms with van der Waals surface area (Å²) in [5, 5.41) is 3.04. The smallest absolute Gasteiger partial charge is 0.244 e. The second kappa shape index (κ2) is 8.86. The first kappa shape index (κ1) is 23.7. The van der Waals surface area contributed by atoms with E-state index in [-0.39, 0.29) is 15.5 Å². The Kier molecular flexibility index (Phi) is 6.76. The second-order valence-corrected chi connectivity index (χ2v) is 11.2. The molecular formula is C22H26ClN3O3S2. The van der Waals surface area contributed by atoms with Crippen LogP contribution < -0.4 is 14.8 Å². The minimum absolute atomic E-state index is 0.0689. The molecule has 6 nitrogen and oxygen atoms in total. The van der Waals surface area contributed by atoms with Crippen LogP contribution in [0.1, 0.15) is 33.3 Å². The van der Waals surface area contributed by atoms with Gasteiger partial charge in [0.1, 0.15) is 10.9 Å². The summed E-state index contributed by atoms with van der Waals surface area (Å²) in [5.74, 6) is -0.418. The maximum absolute atomic E-state index is 12.9. The molecule has 1 aliphatic heterocycles. The van der Waals surface area contributed by atoms with Crippen molar-refractivity contribution in [1.29, 1.82) is 0 Å². The van der Waals surface area contributed by atoms with E-state index in [1.54, 1.807) is 30.8 Å². The van der Waals surface area contributed by atoms with Crippen molar-refractivity contribution in [2.75, 3.05) is 6.26 Å². The molecule has 31 heavy (non-hydrogen) atoms. The lowest BCUT2D eigenvalue weighted by molar-refractivity contribution is 0.358. The maximum Gasteiger partial charge on any atom is 0.244 e. The Bertz CT molecular complexity index is 1120. The van der Waals surface area contributed by atoms with Gasteiger partial charge in [-0.15, -0.1) is 11.8 Å². The van der Waals surface area contributed by atoms with E-state index in [1.165, 1.54) is 6.21 Å². The average molecular weight is 480 g/mol. The largest absolute Gasteiger partial charge is 0.451 e. The lowest BCUT2D eigenvalue weighted by Gasteiger charge is -2.31. The zero-order chi connectivity index (χ0) is 22.9. The molecule has 166 valence electrons. The van der Waals surface area contributed by atoms with E-state index in [1.807, 2.05) is 42.7 Å². The van der Waals surface area contributed by atoms with Crippen molar-refractivity contribution in [3.8, 4) is 5.75 Å². The van der Waals surface area contributed by atoms with Gasteiger partial charge in [-0.2, -0.15) is 4.72 Å². The fraction of sp³-hybridized carbons (Fsp3) is 0.318. The molecule has 9 heteroatoms. The number of allylic oxidation sites excluding steroid dienone is 1. The predicted molar refractivity (Wildman–Crippen MR) is 127 cm³/mol. The minimum Gasteiger partial charge on any atom is -0.451 e. The first-order valence-corrected chi connectivity index (χ1v) is 12.7. The van der Waals surface area contributed by atoms with Crippen molar-refractivity contribution in [2.45, 2.75) is 48.7 Å². The van der Waals surface area contributed by atoms with Gasteiger partial charge < -0.3 is 10.1 Å². The summed E-state index contributed by atoms with van der Waals surface area (Å²) in [5.41, 5.74) is 0.977. The highest BCUT2D eigenvalue weighted by Gasteiger charge is 2.33. The van der Waals surface area contributed by atoms with Crippen molar-refractivity contribution < 1.29 is 13.2 Å². The van der Waals surface area contributed by atoms with Gasteiger partial charge in [0.25, 0.3) is 0 Å². The van der Waals surface area contributed by atoms with E-state index in [9.17, 15) is 8.42 Å². The second-order valence-electron chi connectivity index (χ2n) is 8.27. The molecule has 0 fully saturated rings. The van der Waals surface area contributed by atoms with Gasteiger partial charge in [-0.3, -0.25) is 0 Å². The Morgan fingerprint density at radius 3 is 2.35 bits per heavy atom. The molecule has 0 radical (unpaired) electrons. The topological polar surface area (TPSA) is 79.8 Å². The van der Waals surface area contributed by atoms with Crippen LogP contribution in [-0.2, 0) is 15.4 Å². The average Bonchev–Trinajstić information content (AvgIpc) is 2.69. The molecule has 0 saturated heterocycles. The Morgan fingerprint density at radius 2 is 1.77 bits per heavy atom. The fourth-order valence-electron chi connectivity index (χ4n) is 2.95. The van der Waals surface area contributed by atoms with Crippen molar-refractivity contribution in [3.05, 3.63) is 65.0 Å². The number of benzene rings is 2. The lowest BCUT2D eigenvalue weighted by atomic mass is 9.87. The number of nitrogens with one attached hydrogen (secondary N) is 2. The highest BCUT2D eigenvalue weighted by Crippen LogP contribution is 2.30. The number of sulfonamides is 1. The number of nitrogens with zero attached hydrogens (tertiary/aromatic N) is 1. The number of halogens is 1. The van der Waals surface area contributed by atoms with Gasteiger partial charge >= 0.3 is 0 Å². The van der Waals surface area contributed by atoms with Gasteiger partial charge in [0, 0.05) is 4.90 Å². The summed E-state index contributed by atoms with van der Waals surface area (Å²) in [4.78, 5) is 5.40. The number of thioether (sulfide) groups is 1. The number of para-hydroxylation sites is 1. The number of hydrogen-bond acceptors (Lipinski definition) is 6. The molecule has 0 bridgehead atoms. The van der Waals surface area contributed by atoms with Crippen LogP contribution in [-0.4, -0.2) is 26.7 Å². The molecule has 1 heterocycles. The van der Waals surface area contributed by atoms with Crippen molar-refractivity contribution >= 4 is 39.6 Å². The third kappa shape index (κ3) is 5.63. The third-order valence-electron chi connectivity index (χ3n) is 4.66. The van der Waals surface area contributed by atoms with Crippen LogP contribution in [0.2, 0.25) is 0 Å². The molecule has 0 saturated carbocycles. The van der Waals surface area contributed by atoms with Gasteiger partial charge in [0.2, 0.25) is 10.0 Å². The summed E-state index contributed by atoms with van der Waals surface area (Å²) in [6.07, 6.45) is 3.37. The third-order valence-corrected chi connectivity index (χ3v) is 7.28. The SMILES string of the molecule is CSc1ccccc1OC1=C(Cl)NC(C)(NS(=O)(=O)c2ccc(C(C)(C)C)cc2)N=C1. The summed E-state index contributed by atoms with van der Waals surface area (Å²) < 4.78 is 34.3. The first-order valence-electron chi connectivity index (χ1n) is 9.62. The molecule has 0 spiro atoms. The van der Waals surface area contributed by atoms with E-state index in [0.717, 1.165) is 10.5 Å². The molecule has 2 N–H and O–H groups in total. The summed E-state index contributed by atoms with van der Waals surface area (Å²) >= 11 is 7.91. The van der Waals surface area contributed by atoms with Gasteiger partial charge in [-0.25, -0.2) is 13.4 Å². The molecule has 2 aromatic carbocycles. The zero-order valence-corrected chi connectivity index (χ0v) is 20.5. The number of hydrogen-bond donors (Lipinski definition) is 2. The van der Waals surface area contributed by atoms with Crippen LogP contribution in [0.5, 0.6) is 5.75 Å². The number of ether oxygens (including phenoxy) is 1. The van der Waals surface area contributed by atoms with Crippen molar-refractivity contribution in [1.82, 2.24) is 10.0 Å². The molecular weight excluding hydrogens is 454 g/mol. The van der Waals surface area contributed by atoms with Gasteiger partial charge in [0.15, 0.2) is 11.5 Å². The Labute approximate surface area is 193 Å². The molecule has 1 atom stereocenters. The molecule has 2 aromatic rings. The lowest BCUT2D eigenvalue weighted by Crippen LogP contribution is -2.55. The molecule has 3 rings (SSSR count). The van der Waals surface area contributed by atoms with Crippen LogP contribution in [0, 0.1) is 0 Å². The van der Waals surface area contributed by atoms with Crippen LogP contribution in [0.3, 0.4) is 0 Å². The summed E-state index contributed by atoms with van der Waals surface area (Å²) in [6.45, 7) is 7.80. The van der Waals surface area contributed by atoms with Crippen LogP contribution in [0.4, 0.5) is 0 Å². The minimum atomic E-state index is -3.84. The molecule has 1 aliphatic rings. The van der Waals surface area contributed by atoms with Crippen molar-refractivity contribution in [3.63, 3.8) is 0 Å². The zero-order valence-electron chi connectivity index (χ0n) is 18.1. The normalized spacial score (nSPS) is 19.3. The van der Waals surface area contributed by atoms with Crippen LogP contribution >= 0.6 is 23.4 Å². The first-order chi connectivity index (χ1) is 14.4. The Morgan fingerprint density at radius 1 is 1.13 bits per heavy atom. The maximum atomic E-state index is 12.9. The van der Waals surface area contributed by atoms with E-state index in [4.69, 9.17) is 16.3 Å². The van der Waals surface area contributed by atoms with Crippen LogP contribution in [0.15, 0.2) is 74.2 Å². The number of aliphatic imine (C=N–C) groups is 1. The Balaban J connectivity index is 1.77. The molecule has 0 aromatic heterocycles. The molecule has 1 unspecified atom stereocenters. The summed E-state index contributed by atoms with van der Waals surface area (Å²) in [6, 6.07) is 14.3. The van der Waals surface area contributed by atoms with E-state index >= 15 is 0 Å².